The molecule has 0 saturated carbocycles. The van der Waals surface area contributed by atoms with Gasteiger partial charge in [-0.3, -0.25) is 0 Å². The van der Waals surface area contributed by atoms with Crippen molar-refractivity contribution in [2.45, 2.75) is 51.8 Å². The number of carbonyl (C=O) groups excluding carboxylic acids is 1. The Morgan fingerprint density at radius 3 is 1.82 bits per heavy atom. The summed E-state index contributed by atoms with van der Waals surface area (Å²) in [6.45, 7) is 14.3. The van der Waals surface area contributed by atoms with Crippen molar-refractivity contribution in [2.75, 3.05) is 7.11 Å². The van der Waals surface area contributed by atoms with Gasteiger partial charge in [-0.2, -0.15) is 0 Å². The Labute approximate surface area is 136 Å². The number of ether oxygens (including phenoxy) is 1. The maximum absolute atomic E-state index is 12.3. The molecule has 1 aromatic carbocycles. The first-order chi connectivity index (χ1) is 9.87. The quantitative estimate of drug-likeness (QED) is 0.577. The summed E-state index contributed by atoms with van der Waals surface area (Å²) in [7, 11) is -2.19. The van der Waals surface area contributed by atoms with E-state index in [0.717, 1.165) is 11.3 Å². The molecule has 0 bridgehead atoms. The van der Waals surface area contributed by atoms with E-state index < -0.39 is 22.2 Å². The fourth-order valence-corrected chi connectivity index (χ4v) is 4.49. The highest BCUT2D eigenvalue weighted by Crippen LogP contribution is 2.32. The smallest absolute Gasteiger partial charge is 0.341 e. The van der Waals surface area contributed by atoms with Crippen LogP contribution in [0.15, 0.2) is 24.3 Å². The molecule has 0 aliphatic heterocycles. The predicted octanol–water partition coefficient (Wildman–Crippen LogP) is 4.14. The maximum Gasteiger partial charge on any atom is 0.341 e. The molecule has 0 aromatic heterocycles. The minimum absolute atomic E-state index is 0.381. The Morgan fingerprint density at radius 2 is 1.45 bits per heavy atom. The van der Waals surface area contributed by atoms with Gasteiger partial charge in [-0.25, -0.2) is 4.79 Å². The van der Waals surface area contributed by atoms with Gasteiger partial charge in [-0.1, -0.05) is 12.1 Å². The van der Waals surface area contributed by atoms with Gasteiger partial charge >= 0.3 is 5.97 Å². The average molecular weight is 341 g/mol. The number of methoxy groups -OCH3 is 1. The van der Waals surface area contributed by atoms with Crippen molar-refractivity contribution in [1.82, 2.24) is 0 Å². The van der Waals surface area contributed by atoms with Crippen molar-refractivity contribution < 1.29 is 18.4 Å². The molecule has 0 aliphatic carbocycles. The van der Waals surface area contributed by atoms with E-state index in [9.17, 15) is 4.79 Å². The maximum atomic E-state index is 12.3. The first-order valence-electron chi connectivity index (χ1n) is 7.45. The van der Waals surface area contributed by atoms with Gasteiger partial charge in [0.25, 0.3) is 0 Å². The van der Waals surface area contributed by atoms with Crippen LogP contribution in [-0.4, -0.2) is 29.7 Å². The van der Waals surface area contributed by atoms with Crippen molar-refractivity contribution in [1.29, 1.82) is 0 Å². The summed E-state index contributed by atoms with van der Waals surface area (Å²) in [5, 5.41) is 0. The fraction of sp³-hybridized carbons (Fsp3) is 0.562. The molecule has 22 heavy (non-hydrogen) atoms. The van der Waals surface area contributed by atoms with Crippen molar-refractivity contribution in [3.63, 3.8) is 0 Å². The van der Waals surface area contributed by atoms with E-state index in [1.807, 2.05) is 24.3 Å². The second kappa shape index (κ2) is 6.56. The lowest BCUT2D eigenvalue weighted by atomic mass is 9.96. The first-order valence-corrected chi connectivity index (χ1v) is 14.3. The Balaban J connectivity index is 3.13. The highest BCUT2D eigenvalue weighted by molar-refractivity contribution is 6.70. The summed E-state index contributed by atoms with van der Waals surface area (Å²) in [6.07, 6.45) is 0. The molecule has 124 valence electrons. The van der Waals surface area contributed by atoms with Crippen LogP contribution in [0.25, 0.3) is 0 Å². The van der Waals surface area contributed by atoms with Crippen LogP contribution in [0.3, 0.4) is 0 Å². The van der Waals surface area contributed by atoms with Crippen molar-refractivity contribution in [3.8, 4) is 5.75 Å². The molecule has 0 unspecified atom stereocenters. The van der Waals surface area contributed by atoms with Crippen LogP contribution in [0.2, 0.25) is 39.3 Å². The van der Waals surface area contributed by atoms with Crippen LogP contribution in [0, 0.1) is 0 Å². The van der Waals surface area contributed by atoms with Crippen molar-refractivity contribution in [2.24, 2.45) is 0 Å². The molecule has 1 aromatic rings. The summed E-state index contributed by atoms with van der Waals surface area (Å²) < 4.78 is 17.0. The van der Waals surface area contributed by atoms with Crippen molar-refractivity contribution >= 4 is 22.6 Å². The van der Waals surface area contributed by atoms with Gasteiger partial charge in [0.05, 0.1) is 7.11 Å². The monoisotopic (exact) mass is 340 g/mol. The lowest BCUT2D eigenvalue weighted by Crippen LogP contribution is -2.44. The predicted molar refractivity (Wildman–Crippen MR) is 94.2 cm³/mol. The number of esters is 1. The van der Waals surface area contributed by atoms with E-state index in [0.29, 0.717) is 0 Å². The zero-order chi connectivity index (χ0) is 17.2. The molecule has 4 nitrogen and oxygen atoms in total. The summed E-state index contributed by atoms with van der Waals surface area (Å²) in [5.74, 6) is 0.442. The van der Waals surface area contributed by atoms with Gasteiger partial charge in [0.15, 0.2) is 13.9 Å². The second-order valence-corrected chi connectivity index (χ2v) is 16.3. The van der Waals surface area contributed by atoms with E-state index >= 15 is 0 Å². The normalized spacial score (nSPS) is 15.1. The third kappa shape index (κ3) is 5.26. The van der Waals surface area contributed by atoms with Crippen LogP contribution in [0.1, 0.15) is 12.5 Å². The Morgan fingerprint density at radius 1 is 0.955 bits per heavy atom. The Kier molecular flexibility index (Phi) is 5.64. The molecule has 6 heteroatoms. The molecule has 1 atom stereocenters. The van der Waals surface area contributed by atoms with Crippen molar-refractivity contribution in [3.05, 3.63) is 29.8 Å². The third-order valence-electron chi connectivity index (χ3n) is 2.91. The number of hydrogen-bond acceptors (Lipinski definition) is 4. The number of carbonyl (C=O) groups is 1. The molecule has 0 fully saturated rings. The molecule has 0 radical (unpaired) electrons. The minimum Gasteiger partial charge on any atom is -0.544 e. The van der Waals surface area contributed by atoms with Crippen LogP contribution < -0.4 is 4.43 Å². The summed E-state index contributed by atoms with van der Waals surface area (Å²) >= 11 is 0. The van der Waals surface area contributed by atoms with Gasteiger partial charge in [-0.15, -0.1) is 0 Å². The van der Waals surface area contributed by atoms with Gasteiger partial charge in [0.2, 0.25) is 8.32 Å². The van der Waals surface area contributed by atoms with E-state index in [1.54, 1.807) is 6.92 Å². The van der Waals surface area contributed by atoms with Gasteiger partial charge in [-0.05, 0) is 63.9 Å². The molecule has 0 amide bonds. The largest absolute Gasteiger partial charge is 0.544 e. The minimum atomic E-state index is -1.93. The van der Waals surface area contributed by atoms with Gasteiger partial charge in [0.1, 0.15) is 5.75 Å². The summed E-state index contributed by atoms with van der Waals surface area (Å²) in [4.78, 5) is 12.3. The molecule has 0 aliphatic rings. The SMILES string of the molecule is COC(=O)[C@@](C)(O[Si](C)(C)C)c1ccc(O[Si](C)(C)C)cc1. The van der Waals surface area contributed by atoms with E-state index in [2.05, 4.69) is 39.3 Å². The first kappa shape index (κ1) is 18.9. The number of hydrogen-bond donors (Lipinski definition) is 0. The molecular weight excluding hydrogens is 312 g/mol. The fourth-order valence-electron chi connectivity index (χ4n) is 2.22. The highest BCUT2D eigenvalue weighted by Gasteiger charge is 2.41. The number of benzene rings is 1. The zero-order valence-electron chi connectivity index (χ0n) is 14.9. The van der Waals surface area contributed by atoms with Crippen LogP contribution >= 0.6 is 0 Å². The standard InChI is InChI=1S/C16H28O4Si2/c1-16(15(17)18-2,20-22(6,7)8)13-9-11-14(12-10-13)19-21(3,4)5/h9-12H,1-8H3/t16-/m0/s1. The lowest BCUT2D eigenvalue weighted by molar-refractivity contribution is -0.159. The number of rotatable bonds is 6. The summed E-state index contributed by atoms with van der Waals surface area (Å²) in [6, 6.07) is 7.55. The van der Waals surface area contributed by atoms with Crippen LogP contribution in [0.4, 0.5) is 0 Å². The van der Waals surface area contributed by atoms with E-state index in [1.165, 1.54) is 7.11 Å². The average Bonchev–Trinajstić information content (AvgIpc) is 2.34. The Hall–Kier alpha value is -1.12. The highest BCUT2D eigenvalue weighted by atomic mass is 28.4. The van der Waals surface area contributed by atoms with E-state index in [4.69, 9.17) is 13.6 Å². The topological polar surface area (TPSA) is 44.8 Å². The van der Waals surface area contributed by atoms with Gasteiger partial charge in [0, 0.05) is 0 Å². The third-order valence-corrected chi connectivity index (χ3v) is 4.78. The molecule has 0 N–H and O–H groups in total. The zero-order valence-corrected chi connectivity index (χ0v) is 16.9. The molecule has 0 heterocycles. The van der Waals surface area contributed by atoms with E-state index in [-0.39, 0.29) is 5.97 Å². The molecule has 0 spiro atoms. The summed E-state index contributed by atoms with van der Waals surface area (Å²) in [5.41, 5.74) is -0.304. The molecule has 0 saturated heterocycles. The molecular formula is C16H28O4Si2. The Bertz CT molecular complexity index is 514. The lowest BCUT2D eigenvalue weighted by Gasteiger charge is -2.34. The molecule has 1 rings (SSSR count). The second-order valence-electron chi connectivity index (χ2n) is 7.48. The van der Waals surface area contributed by atoms with Gasteiger partial charge < -0.3 is 13.6 Å². The van der Waals surface area contributed by atoms with Crippen LogP contribution in [0.5, 0.6) is 5.75 Å². The van der Waals surface area contributed by atoms with Crippen LogP contribution in [-0.2, 0) is 19.6 Å².